The number of nitrogens with zero attached hydrogens (tertiary/aromatic N) is 1. The van der Waals surface area contributed by atoms with Gasteiger partial charge in [0.15, 0.2) is 0 Å². The van der Waals surface area contributed by atoms with Gasteiger partial charge in [0.05, 0.1) is 18.5 Å². The lowest BCUT2D eigenvalue weighted by Crippen LogP contribution is -2.26. The number of fused-ring (bicyclic) bond motifs is 1. The van der Waals surface area contributed by atoms with Gasteiger partial charge >= 0.3 is 0 Å². The van der Waals surface area contributed by atoms with Gasteiger partial charge in [-0.25, -0.2) is 0 Å². The molecule has 6 nitrogen and oxygen atoms in total. The number of carbonyl (C=O) groups is 1. The van der Waals surface area contributed by atoms with Gasteiger partial charge in [-0.1, -0.05) is 48.5 Å². The molecule has 1 amide bonds. The van der Waals surface area contributed by atoms with E-state index < -0.39 is 0 Å². The summed E-state index contributed by atoms with van der Waals surface area (Å²) >= 11 is 0. The summed E-state index contributed by atoms with van der Waals surface area (Å²) in [4.78, 5) is 13.4. The minimum Gasteiger partial charge on any atom is -0.496 e. The van der Waals surface area contributed by atoms with E-state index in [1.54, 1.807) is 7.11 Å². The monoisotopic (exact) mass is 428 g/mol. The first-order chi connectivity index (χ1) is 15.7. The van der Waals surface area contributed by atoms with Crippen LogP contribution in [-0.4, -0.2) is 29.8 Å². The Morgan fingerprint density at radius 1 is 1.06 bits per heavy atom. The van der Waals surface area contributed by atoms with Crippen molar-refractivity contribution in [3.05, 3.63) is 89.6 Å². The molecule has 0 aliphatic heterocycles. The number of nitrogens with one attached hydrogen (secondary N) is 3. The normalized spacial score (nSPS) is 11.9. The lowest BCUT2D eigenvalue weighted by molar-refractivity contribution is -0.117. The lowest BCUT2D eigenvalue weighted by Gasteiger charge is -2.20. The van der Waals surface area contributed by atoms with Crippen LogP contribution in [0.5, 0.6) is 5.75 Å². The summed E-state index contributed by atoms with van der Waals surface area (Å²) in [6.45, 7) is 3.43. The Labute approximate surface area is 188 Å². The van der Waals surface area contributed by atoms with Gasteiger partial charge in [-0.15, -0.1) is 0 Å². The molecular formula is C26H28N4O2. The molecule has 32 heavy (non-hydrogen) atoms. The van der Waals surface area contributed by atoms with Crippen molar-refractivity contribution in [1.82, 2.24) is 15.5 Å². The molecule has 0 aliphatic carbocycles. The van der Waals surface area contributed by atoms with E-state index >= 15 is 0 Å². The van der Waals surface area contributed by atoms with Crippen LogP contribution in [0.3, 0.4) is 0 Å². The summed E-state index contributed by atoms with van der Waals surface area (Å²) < 4.78 is 5.55. The minimum absolute atomic E-state index is 0.0588. The van der Waals surface area contributed by atoms with Crippen LogP contribution in [0, 0.1) is 6.92 Å². The molecular weight excluding hydrogens is 400 g/mol. The molecule has 4 rings (SSSR count). The number of rotatable bonds is 9. The fourth-order valence-corrected chi connectivity index (χ4v) is 3.90. The number of para-hydroxylation sites is 1. The number of H-pyrrole nitrogens is 1. The van der Waals surface area contributed by atoms with E-state index in [1.807, 2.05) is 67.6 Å². The Bertz CT molecular complexity index is 1190. The van der Waals surface area contributed by atoms with Crippen molar-refractivity contribution >= 4 is 22.5 Å². The van der Waals surface area contributed by atoms with Crippen LogP contribution >= 0.6 is 0 Å². The van der Waals surface area contributed by atoms with Gasteiger partial charge in [0.25, 0.3) is 0 Å². The van der Waals surface area contributed by atoms with Crippen molar-refractivity contribution in [2.24, 2.45) is 0 Å². The molecule has 3 aromatic carbocycles. The highest BCUT2D eigenvalue weighted by Gasteiger charge is 2.24. The first-order valence-electron chi connectivity index (χ1n) is 10.8. The first kappa shape index (κ1) is 21.6. The second-order valence-electron chi connectivity index (χ2n) is 7.82. The molecule has 1 atom stereocenters. The van der Waals surface area contributed by atoms with Crippen molar-refractivity contribution in [1.29, 1.82) is 0 Å². The van der Waals surface area contributed by atoms with Crippen LogP contribution < -0.4 is 15.4 Å². The maximum atomic E-state index is 13.4. The third kappa shape index (κ3) is 4.98. The van der Waals surface area contributed by atoms with Crippen LogP contribution in [0.1, 0.15) is 29.2 Å². The number of benzene rings is 3. The maximum absolute atomic E-state index is 13.4. The van der Waals surface area contributed by atoms with E-state index in [0.717, 1.165) is 40.1 Å². The Morgan fingerprint density at radius 3 is 2.66 bits per heavy atom. The summed E-state index contributed by atoms with van der Waals surface area (Å²) in [5.41, 5.74) is 4.71. The average molecular weight is 429 g/mol. The van der Waals surface area contributed by atoms with Crippen LogP contribution in [0.15, 0.2) is 72.8 Å². The highest BCUT2D eigenvalue weighted by molar-refractivity contribution is 5.98. The molecule has 0 aliphatic rings. The van der Waals surface area contributed by atoms with Gasteiger partial charge in [-0.3, -0.25) is 9.89 Å². The molecule has 0 saturated carbocycles. The number of aromatic amines is 1. The van der Waals surface area contributed by atoms with E-state index in [4.69, 9.17) is 4.74 Å². The van der Waals surface area contributed by atoms with Crippen molar-refractivity contribution in [2.45, 2.75) is 25.8 Å². The zero-order chi connectivity index (χ0) is 22.3. The van der Waals surface area contributed by atoms with Crippen LogP contribution in [0.4, 0.5) is 5.69 Å². The second kappa shape index (κ2) is 10.1. The molecule has 3 N–H and O–H groups in total. The molecule has 0 radical (unpaired) electrons. The molecule has 6 heteroatoms. The number of ether oxygens (including phenoxy) is 1. The van der Waals surface area contributed by atoms with Gasteiger partial charge < -0.3 is 15.4 Å². The number of carbonyl (C=O) groups excluding carboxylic acids is 1. The molecule has 1 aromatic heterocycles. The van der Waals surface area contributed by atoms with Gasteiger partial charge in [-0.05, 0) is 49.7 Å². The van der Waals surface area contributed by atoms with E-state index in [1.165, 1.54) is 5.56 Å². The molecule has 0 bridgehead atoms. The molecule has 0 spiro atoms. The topological polar surface area (TPSA) is 79.0 Å². The number of anilines is 1. The zero-order valence-electron chi connectivity index (χ0n) is 18.4. The summed E-state index contributed by atoms with van der Waals surface area (Å²) in [5, 5.41) is 14.8. The summed E-state index contributed by atoms with van der Waals surface area (Å²) in [7, 11) is 1.64. The highest BCUT2D eigenvalue weighted by Crippen LogP contribution is 2.30. The second-order valence-corrected chi connectivity index (χ2v) is 7.82. The van der Waals surface area contributed by atoms with E-state index in [2.05, 4.69) is 33.0 Å². The smallest absolute Gasteiger partial charge is 0.232 e. The van der Waals surface area contributed by atoms with E-state index in [9.17, 15) is 4.79 Å². The van der Waals surface area contributed by atoms with Crippen molar-refractivity contribution in [3.8, 4) is 5.75 Å². The largest absolute Gasteiger partial charge is 0.496 e. The molecule has 164 valence electrons. The summed E-state index contributed by atoms with van der Waals surface area (Å²) in [5.74, 6) is 0.309. The molecule has 1 heterocycles. The molecule has 0 saturated heterocycles. The van der Waals surface area contributed by atoms with Crippen LogP contribution in [-0.2, 0) is 11.3 Å². The Morgan fingerprint density at radius 2 is 1.84 bits per heavy atom. The number of aromatic nitrogens is 2. The predicted molar refractivity (Wildman–Crippen MR) is 128 cm³/mol. The molecule has 4 aromatic rings. The number of hydrogen-bond acceptors (Lipinski definition) is 4. The van der Waals surface area contributed by atoms with Gasteiger partial charge in [0, 0.05) is 28.9 Å². The number of hydrogen-bond donors (Lipinski definition) is 3. The SMILES string of the molecule is COc1ccccc1C(CCNCc1ccccc1)C(=O)Nc1ccc2n[nH]c(C)c2c1. The Balaban J connectivity index is 1.50. The maximum Gasteiger partial charge on any atom is 0.232 e. The first-order valence-corrected chi connectivity index (χ1v) is 10.8. The third-order valence-corrected chi connectivity index (χ3v) is 5.62. The summed E-state index contributed by atoms with van der Waals surface area (Å²) in [6, 6.07) is 23.7. The number of methoxy groups -OCH3 is 1. The standard InChI is InChI=1S/C26H28N4O2/c1-18-23-16-20(12-13-24(23)30-29-18)28-26(31)22(21-10-6-7-11-25(21)32-2)14-15-27-17-19-8-4-3-5-9-19/h3-13,16,22,27H,14-15,17H2,1-2H3,(H,28,31)(H,29,30). The van der Waals surface area contributed by atoms with Gasteiger partial charge in [0.1, 0.15) is 5.75 Å². The van der Waals surface area contributed by atoms with Crippen molar-refractivity contribution in [2.75, 3.05) is 19.0 Å². The van der Waals surface area contributed by atoms with Crippen molar-refractivity contribution in [3.63, 3.8) is 0 Å². The number of aryl methyl sites for hydroxylation is 1. The lowest BCUT2D eigenvalue weighted by atomic mass is 9.93. The minimum atomic E-state index is -0.351. The van der Waals surface area contributed by atoms with Crippen LogP contribution in [0.2, 0.25) is 0 Å². The third-order valence-electron chi connectivity index (χ3n) is 5.62. The fourth-order valence-electron chi connectivity index (χ4n) is 3.90. The predicted octanol–water partition coefficient (Wildman–Crippen LogP) is 4.78. The zero-order valence-corrected chi connectivity index (χ0v) is 18.4. The molecule has 1 unspecified atom stereocenters. The number of amides is 1. The van der Waals surface area contributed by atoms with E-state index in [0.29, 0.717) is 13.0 Å². The summed E-state index contributed by atoms with van der Waals surface area (Å²) in [6.07, 6.45) is 0.645. The fraction of sp³-hybridized carbons (Fsp3) is 0.231. The van der Waals surface area contributed by atoms with Crippen molar-refractivity contribution < 1.29 is 9.53 Å². The Kier molecular flexibility index (Phi) is 6.82. The van der Waals surface area contributed by atoms with Gasteiger partial charge in [-0.2, -0.15) is 5.10 Å². The van der Waals surface area contributed by atoms with Gasteiger partial charge in [0.2, 0.25) is 5.91 Å². The quantitative estimate of drug-likeness (QED) is 0.335. The van der Waals surface area contributed by atoms with Crippen LogP contribution in [0.25, 0.3) is 10.9 Å². The highest BCUT2D eigenvalue weighted by atomic mass is 16.5. The average Bonchev–Trinajstić information content (AvgIpc) is 3.20. The van der Waals surface area contributed by atoms with E-state index in [-0.39, 0.29) is 11.8 Å². The molecule has 0 fully saturated rings. The Hall–Kier alpha value is -3.64.